The Morgan fingerprint density at radius 2 is 2.19 bits per heavy atom. The molecule has 0 spiro atoms. The fourth-order valence-electron chi connectivity index (χ4n) is 3.22. The summed E-state index contributed by atoms with van der Waals surface area (Å²) in [5.74, 6) is 2.48. The molecule has 3 atom stereocenters. The van der Waals surface area contributed by atoms with Crippen LogP contribution in [0.25, 0.3) is 0 Å². The number of nitrogens with zero attached hydrogens (tertiary/aromatic N) is 3. The maximum atomic E-state index is 4.38. The zero-order valence-corrected chi connectivity index (χ0v) is 9.63. The Balaban J connectivity index is 1.86. The molecule has 1 aromatic rings. The Bertz CT molecular complexity index is 353. The first kappa shape index (κ1) is 10.0. The SMILES string of the molecule is CCC1C2CNCC2CN1c1ncccn1. The molecule has 2 fully saturated rings. The minimum Gasteiger partial charge on any atom is -0.337 e. The normalized spacial score (nSPS) is 33.1. The topological polar surface area (TPSA) is 41.0 Å². The van der Waals surface area contributed by atoms with E-state index in [1.165, 1.54) is 6.42 Å². The van der Waals surface area contributed by atoms with E-state index in [0.717, 1.165) is 37.4 Å². The highest BCUT2D eigenvalue weighted by atomic mass is 15.3. The Labute approximate surface area is 96.1 Å². The van der Waals surface area contributed by atoms with Crippen LogP contribution in [-0.2, 0) is 0 Å². The third-order valence-corrected chi connectivity index (χ3v) is 3.95. The van der Waals surface area contributed by atoms with Gasteiger partial charge in [0.1, 0.15) is 0 Å². The highest BCUT2D eigenvalue weighted by molar-refractivity contribution is 5.34. The lowest BCUT2D eigenvalue weighted by Crippen LogP contribution is -2.36. The van der Waals surface area contributed by atoms with Crippen molar-refractivity contribution in [1.82, 2.24) is 15.3 Å². The molecule has 3 rings (SSSR count). The minimum absolute atomic E-state index is 0.613. The van der Waals surface area contributed by atoms with Crippen LogP contribution in [0.4, 0.5) is 5.95 Å². The number of nitrogens with one attached hydrogen (secondary N) is 1. The summed E-state index contributed by atoms with van der Waals surface area (Å²) in [4.78, 5) is 11.2. The van der Waals surface area contributed by atoms with Crippen LogP contribution < -0.4 is 10.2 Å². The van der Waals surface area contributed by atoms with E-state index in [2.05, 4.69) is 27.1 Å². The zero-order valence-electron chi connectivity index (χ0n) is 9.63. The molecule has 0 aliphatic carbocycles. The van der Waals surface area contributed by atoms with E-state index < -0.39 is 0 Å². The molecule has 1 aromatic heterocycles. The van der Waals surface area contributed by atoms with Crippen molar-refractivity contribution in [1.29, 1.82) is 0 Å². The van der Waals surface area contributed by atoms with Crippen LogP contribution in [0.15, 0.2) is 18.5 Å². The summed E-state index contributed by atoms with van der Waals surface area (Å²) in [5, 5.41) is 3.49. The molecule has 3 unspecified atom stereocenters. The molecule has 2 aliphatic heterocycles. The number of hydrogen-bond acceptors (Lipinski definition) is 4. The summed E-state index contributed by atoms with van der Waals surface area (Å²) < 4.78 is 0. The van der Waals surface area contributed by atoms with Gasteiger partial charge < -0.3 is 10.2 Å². The highest BCUT2D eigenvalue weighted by Gasteiger charge is 2.43. The van der Waals surface area contributed by atoms with Gasteiger partial charge in [-0.25, -0.2) is 9.97 Å². The van der Waals surface area contributed by atoms with Gasteiger partial charge in [0.05, 0.1) is 0 Å². The Kier molecular flexibility index (Phi) is 2.52. The molecule has 0 amide bonds. The second-order valence-electron chi connectivity index (χ2n) is 4.76. The molecular formula is C12H18N4. The Morgan fingerprint density at radius 1 is 1.38 bits per heavy atom. The van der Waals surface area contributed by atoms with Crippen molar-refractivity contribution in [3.8, 4) is 0 Å². The van der Waals surface area contributed by atoms with Crippen molar-refractivity contribution in [2.75, 3.05) is 24.5 Å². The van der Waals surface area contributed by atoms with Crippen LogP contribution in [0.5, 0.6) is 0 Å². The number of anilines is 1. The maximum absolute atomic E-state index is 4.38. The molecular weight excluding hydrogens is 200 g/mol. The van der Waals surface area contributed by atoms with Gasteiger partial charge >= 0.3 is 0 Å². The molecule has 3 heterocycles. The average Bonchev–Trinajstić information content (AvgIpc) is 2.89. The van der Waals surface area contributed by atoms with Gasteiger partial charge in [-0.15, -0.1) is 0 Å². The fourth-order valence-corrected chi connectivity index (χ4v) is 3.22. The van der Waals surface area contributed by atoms with Crippen molar-refractivity contribution in [3.63, 3.8) is 0 Å². The monoisotopic (exact) mass is 218 g/mol. The predicted molar refractivity (Wildman–Crippen MR) is 63.3 cm³/mol. The molecule has 86 valence electrons. The first-order valence-electron chi connectivity index (χ1n) is 6.14. The second-order valence-corrected chi connectivity index (χ2v) is 4.76. The molecule has 0 bridgehead atoms. The number of aromatic nitrogens is 2. The smallest absolute Gasteiger partial charge is 0.225 e. The Morgan fingerprint density at radius 3 is 2.94 bits per heavy atom. The number of rotatable bonds is 2. The van der Waals surface area contributed by atoms with E-state index in [0.29, 0.717) is 6.04 Å². The van der Waals surface area contributed by atoms with Crippen molar-refractivity contribution in [2.45, 2.75) is 19.4 Å². The predicted octanol–water partition coefficient (Wildman–Crippen LogP) is 0.911. The zero-order chi connectivity index (χ0) is 11.0. The van der Waals surface area contributed by atoms with Gasteiger partial charge in [-0.3, -0.25) is 0 Å². The first-order valence-corrected chi connectivity index (χ1v) is 6.14. The van der Waals surface area contributed by atoms with E-state index in [4.69, 9.17) is 0 Å². The molecule has 2 aliphatic rings. The molecule has 16 heavy (non-hydrogen) atoms. The van der Waals surface area contributed by atoms with Gasteiger partial charge in [0, 0.05) is 38.1 Å². The van der Waals surface area contributed by atoms with Crippen LogP contribution in [0.1, 0.15) is 13.3 Å². The summed E-state index contributed by atoms with van der Waals surface area (Å²) in [6, 6.07) is 2.49. The lowest BCUT2D eigenvalue weighted by atomic mass is 9.93. The molecule has 4 heteroatoms. The third kappa shape index (κ3) is 1.48. The van der Waals surface area contributed by atoms with E-state index in [-0.39, 0.29) is 0 Å². The lowest BCUT2D eigenvalue weighted by Gasteiger charge is -2.26. The van der Waals surface area contributed by atoms with Crippen molar-refractivity contribution >= 4 is 5.95 Å². The molecule has 2 saturated heterocycles. The van der Waals surface area contributed by atoms with Gasteiger partial charge in [0.15, 0.2) is 0 Å². The van der Waals surface area contributed by atoms with Crippen LogP contribution in [0.3, 0.4) is 0 Å². The summed E-state index contributed by atoms with van der Waals surface area (Å²) in [7, 11) is 0. The lowest BCUT2D eigenvalue weighted by molar-refractivity contribution is 0.440. The van der Waals surface area contributed by atoms with Crippen LogP contribution in [-0.4, -0.2) is 35.6 Å². The van der Waals surface area contributed by atoms with Gasteiger partial charge in [-0.1, -0.05) is 6.92 Å². The first-order chi connectivity index (χ1) is 7.90. The van der Waals surface area contributed by atoms with Crippen LogP contribution in [0.2, 0.25) is 0 Å². The summed E-state index contributed by atoms with van der Waals surface area (Å²) >= 11 is 0. The fraction of sp³-hybridized carbons (Fsp3) is 0.667. The molecule has 4 nitrogen and oxygen atoms in total. The number of fused-ring (bicyclic) bond motifs is 1. The molecule has 1 N–H and O–H groups in total. The van der Waals surface area contributed by atoms with Crippen molar-refractivity contribution < 1.29 is 0 Å². The van der Waals surface area contributed by atoms with Gasteiger partial charge in [0.25, 0.3) is 0 Å². The third-order valence-electron chi connectivity index (χ3n) is 3.95. The van der Waals surface area contributed by atoms with E-state index >= 15 is 0 Å². The summed E-state index contributed by atoms with van der Waals surface area (Å²) in [5.41, 5.74) is 0. The van der Waals surface area contributed by atoms with E-state index in [9.17, 15) is 0 Å². The molecule has 0 saturated carbocycles. The van der Waals surface area contributed by atoms with Crippen LogP contribution >= 0.6 is 0 Å². The Hall–Kier alpha value is -1.16. The minimum atomic E-state index is 0.613. The van der Waals surface area contributed by atoms with Crippen LogP contribution in [0, 0.1) is 11.8 Å². The quantitative estimate of drug-likeness (QED) is 0.801. The standard InChI is InChI=1S/C12H18N4/c1-2-11-10-7-13-6-9(10)8-16(11)12-14-4-3-5-15-12/h3-5,9-11,13H,2,6-8H2,1H3. The second kappa shape index (κ2) is 4.01. The average molecular weight is 218 g/mol. The van der Waals surface area contributed by atoms with Crippen molar-refractivity contribution in [2.24, 2.45) is 11.8 Å². The van der Waals surface area contributed by atoms with Gasteiger partial charge in [-0.2, -0.15) is 0 Å². The summed E-state index contributed by atoms with van der Waals surface area (Å²) in [6.45, 7) is 5.69. The number of hydrogen-bond donors (Lipinski definition) is 1. The van der Waals surface area contributed by atoms with E-state index in [1.807, 2.05) is 18.5 Å². The van der Waals surface area contributed by atoms with Gasteiger partial charge in [0.2, 0.25) is 5.95 Å². The van der Waals surface area contributed by atoms with Gasteiger partial charge in [-0.05, 0) is 24.3 Å². The molecule has 0 aromatic carbocycles. The van der Waals surface area contributed by atoms with E-state index in [1.54, 1.807) is 0 Å². The highest BCUT2D eigenvalue weighted by Crippen LogP contribution is 2.35. The largest absolute Gasteiger partial charge is 0.337 e. The summed E-state index contributed by atoms with van der Waals surface area (Å²) in [6.07, 6.45) is 4.85. The maximum Gasteiger partial charge on any atom is 0.225 e. The van der Waals surface area contributed by atoms with Crippen molar-refractivity contribution in [3.05, 3.63) is 18.5 Å². The molecule has 0 radical (unpaired) electrons.